The molecule has 1 aromatic heterocycles. The van der Waals surface area contributed by atoms with Gasteiger partial charge in [0.25, 0.3) is 5.91 Å². The number of H-pyrrole nitrogens is 1. The molecule has 0 radical (unpaired) electrons. The van der Waals surface area contributed by atoms with Crippen molar-refractivity contribution in [2.24, 2.45) is 0 Å². The Morgan fingerprint density at radius 2 is 2.07 bits per heavy atom. The largest absolute Gasteiger partial charge is 0.375 e. The number of ether oxygens (including phenoxy) is 1. The smallest absolute Gasteiger partial charge is 0.256 e. The van der Waals surface area contributed by atoms with Gasteiger partial charge in [0, 0.05) is 13.1 Å². The lowest BCUT2D eigenvalue weighted by Gasteiger charge is -2.33. The number of nitrogens with zero attached hydrogens (tertiary/aromatic N) is 2. The number of benzene rings is 2. The minimum Gasteiger partial charge on any atom is -0.375 e. The summed E-state index contributed by atoms with van der Waals surface area (Å²) >= 11 is 0. The predicted octanol–water partition coefficient (Wildman–Crippen LogP) is 3.74. The minimum absolute atomic E-state index is 0.0449. The molecule has 0 unspecified atom stereocenters. The van der Waals surface area contributed by atoms with E-state index in [4.69, 9.17) is 4.74 Å². The minimum atomic E-state index is 0.0449. The summed E-state index contributed by atoms with van der Waals surface area (Å²) in [5.41, 5.74) is 3.68. The van der Waals surface area contributed by atoms with Crippen LogP contribution < -0.4 is 0 Å². The Balaban J connectivity index is 1.39. The van der Waals surface area contributed by atoms with Crippen molar-refractivity contribution >= 4 is 16.9 Å². The number of nitrogens with one attached hydrogen (secondary N) is 1. The average Bonchev–Trinajstić information content (AvgIpc) is 3.09. The first-order chi connectivity index (χ1) is 13.2. The molecule has 1 amide bonds. The number of carbonyl (C=O) groups excluding carboxylic acids is 1. The number of hydrogen-bond acceptors (Lipinski definition) is 3. The van der Waals surface area contributed by atoms with Gasteiger partial charge in [-0.05, 0) is 43.9 Å². The highest BCUT2D eigenvalue weighted by molar-refractivity contribution is 6.04. The van der Waals surface area contributed by atoms with Crippen molar-refractivity contribution in [3.05, 3.63) is 65.5 Å². The van der Waals surface area contributed by atoms with Crippen LogP contribution in [0.5, 0.6) is 0 Å². The number of aromatic nitrogens is 2. The molecule has 0 bridgehead atoms. The number of aryl methyl sites for hydroxylation is 2. The molecule has 1 aliphatic rings. The molecular weight excluding hydrogens is 338 g/mol. The van der Waals surface area contributed by atoms with E-state index in [1.54, 1.807) is 0 Å². The number of morpholine rings is 1. The fourth-order valence-corrected chi connectivity index (χ4v) is 3.76. The van der Waals surface area contributed by atoms with Gasteiger partial charge in [0.05, 0.1) is 23.8 Å². The number of carbonyl (C=O) groups is 1. The van der Waals surface area contributed by atoms with Gasteiger partial charge in [-0.3, -0.25) is 4.79 Å². The Bertz CT molecular complexity index is 920. The van der Waals surface area contributed by atoms with Crippen LogP contribution in [0.2, 0.25) is 0 Å². The molecule has 0 aliphatic carbocycles. The van der Waals surface area contributed by atoms with Crippen LogP contribution in [0, 0.1) is 6.92 Å². The summed E-state index contributed by atoms with van der Waals surface area (Å²) in [6.07, 6.45) is 3.17. The standard InChI is InChI=1S/C22H25N3O2/c1-16-23-20-12-6-11-19(21(20)24-16)22(26)25-13-14-27-18(15-25)10-5-9-17-7-3-2-4-8-17/h2-4,6-8,11-12,18H,5,9-10,13-15H2,1H3,(H,23,24)/t18-/m0/s1. The van der Waals surface area contributed by atoms with Crippen molar-refractivity contribution in [2.75, 3.05) is 19.7 Å². The molecule has 5 heteroatoms. The maximum Gasteiger partial charge on any atom is 0.256 e. The summed E-state index contributed by atoms with van der Waals surface area (Å²) < 4.78 is 5.91. The SMILES string of the molecule is Cc1nc2c(C(=O)N3CCO[C@@H](CCCc4ccccc4)C3)cccc2[nH]1. The zero-order valence-corrected chi connectivity index (χ0v) is 15.6. The van der Waals surface area contributed by atoms with Crippen molar-refractivity contribution in [1.82, 2.24) is 14.9 Å². The Morgan fingerprint density at radius 1 is 1.22 bits per heavy atom. The zero-order chi connectivity index (χ0) is 18.6. The van der Waals surface area contributed by atoms with Crippen LogP contribution in [0.3, 0.4) is 0 Å². The number of imidazole rings is 1. The molecule has 1 N–H and O–H groups in total. The lowest BCUT2D eigenvalue weighted by atomic mass is 10.0. The third-order valence-corrected chi connectivity index (χ3v) is 5.12. The van der Waals surface area contributed by atoms with E-state index < -0.39 is 0 Å². The van der Waals surface area contributed by atoms with Gasteiger partial charge in [0.2, 0.25) is 0 Å². The van der Waals surface area contributed by atoms with Crippen LogP contribution >= 0.6 is 0 Å². The molecule has 2 aromatic carbocycles. The van der Waals surface area contributed by atoms with Gasteiger partial charge in [0.15, 0.2) is 0 Å². The molecule has 5 nitrogen and oxygen atoms in total. The summed E-state index contributed by atoms with van der Waals surface area (Å²) in [4.78, 5) is 22.7. The Kier molecular flexibility index (Phi) is 5.21. The molecule has 140 valence electrons. The van der Waals surface area contributed by atoms with Gasteiger partial charge >= 0.3 is 0 Å². The van der Waals surface area contributed by atoms with Crippen molar-refractivity contribution < 1.29 is 9.53 Å². The molecular formula is C22H25N3O2. The Hall–Kier alpha value is -2.66. The number of amides is 1. The molecule has 3 aromatic rings. The molecule has 1 aliphatic heterocycles. The molecule has 0 spiro atoms. The van der Waals surface area contributed by atoms with Gasteiger partial charge in [-0.2, -0.15) is 0 Å². The topological polar surface area (TPSA) is 58.2 Å². The van der Waals surface area contributed by atoms with E-state index in [1.807, 2.05) is 36.1 Å². The second-order valence-electron chi connectivity index (χ2n) is 7.15. The first-order valence-corrected chi connectivity index (χ1v) is 9.61. The van der Waals surface area contributed by atoms with Crippen molar-refractivity contribution in [2.45, 2.75) is 32.3 Å². The highest BCUT2D eigenvalue weighted by Crippen LogP contribution is 2.20. The lowest BCUT2D eigenvalue weighted by molar-refractivity contribution is -0.0254. The molecule has 1 saturated heterocycles. The zero-order valence-electron chi connectivity index (χ0n) is 15.6. The van der Waals surface area contributed by atoms with Crippen LogP contribution in [0.15, 0.2) is 48.5 Å². The van der Waals surface area contributed by atoms with E-state index >= 15 is 0 Å². The fourth-order valence-electron chi connectivity index (χ4n) is 3.76. The maximum absolute atomic E-state index is 13.1. The van der Waals surface area contributed by atoms with E-state index in [2.05, 4.69) is 34.2 Å². The van der Waals surface area contributed by atoms with Gasteiger partial charge in [-0.25, -0.2) is 4.98 Å². The Morgan fingerprint density at radius 3 is 2.93 bits per heavy atom. The molecule has 1 atom stereocenters. The predicted molar refractivity (Wildman–Crippen MR) is 106 cm³/mol. The highest BCUT2D eigenvalue weighted by Gasteiger charge is 2.26. The number of fused-ring (bicyclic) bond motifs is 1. The number of hydrogen-bond donors (Lipinski definition) is 1. The van der Waals surface area contributed by atoms with Crippen LogP contribution in [0.1, 0.15) is 34.6 Å². The van der Waals surface area contributed by atoms with Gasteiger partial charge in [-0.15, -0.1) is 0 Å². The maximum atomic E-state index is 13.1. The quantitative estimate of drug-likeness (QED) is 0.751. The van der Waals surface area contributed by atoms with Gasteiger partial charge in [0.1, 0.15) is 11.3 Å². The van der Waals surface area contributed by atoms with Crippen LogP contribution in [-0.4, -0.2) is 46.6 Å². The number of rotatable bonds is 5. The van der Waals surface area contributed by atoms with Crippen molar-refractivity contribution in [3.63, 3.8) is 0 Å². The second-order valence-corrected chi connectivity index (χ2v) is 7.15. The van der Waals surface area contributed by atoms with Gasteiger partial charge in [-0.1, -0.05) is 36.4 Å². The first-order valence-electron chi connectivity index (χ1n) is 9.61. The fraction of sp³-hybridized carbons (Fsp3) is 0.364. The van der Waals surface area contributed by atoms with Crippen molar-refractivity contribution in [1.29, 1.82) is 0 Å². The van der Waals surface area contributed by atoms with E-state index in [9.17, 15) is 4.79 Å². The monoisotopic (exact) mass is 363 g/mol. The van der Waals surface area contributed by atoms with Crippen LogP contribution in [-0.2, 0) is 11.2 Å². The van der Waals surface area contributed by atoms with Gasteiger partial charge < -0.3 is 14.6 Å². The third-order valence-electron chi connectivity index (χ3n) is 5.12. The molecule has 4 rings (SSSR count). The van der Waals surface area contributed by atoms with E-state index in [0.29, 0.717) is 25.3 Å². The average molecular weight is 363 g/mol. The van der Waals surface area contributed by atoms with Crippen molar-refractivity contribution in [3.8, 4) is 0 Å². The number of para-hydroxylation sites is 1. The second kappa shape index (κ2) is 7.92. The first kappa shape index (κ1) is 17.7. The summed E-state index contributed by atoms with van der Waals surface area (Å²) in [5.74, 6) is 0.870. The van der Waals surface area contributed by atoms with E-state index in [-0.39, 0.29) is 12.0 Å². The van der Waals surface area contributed by atoms with Crippen LogP contribution in [0.4, 0.5) is 0 Å². The summed E-state index contributed by atoms with van der Waals surface area (Å²) in [6, 6.07) is 16.2. The molecule has 27 heavy (non-hydrogen) atoms. The summed E-state index contributed by atoms with van der Waals surface area (Å²) in [5, 5.41) is 0. The lowest BCUT2D eigenvalue weighted by Crippen LogP contribution is -2.45. The highest BCUT2D eigenvalue weighted by atomic mass is 16.5. The molecule has 0 saturated carbocycles. The van der Waals surface area contributed by atoms with E-state index in [1.165, 1.54) is 5.56 Å². The third kappa shape index (κ3) is 4.03. The number of aromatic amines is 1. The molecule has 1 fully saturated rings. The molecule has 2 heterocycles. The van der Waals surface area contributed by atoms with Crippen LogP contribution in [0.25, 0.3) is 11.0 Å². The van der Waals surface area contributed by atoms with E-state index in [0.717, 1.165) is 36.1 Å². The summed E-state index contributed by atoms with van der Waals surface area (Å²) in [6.45, 7) is 3.78. The normalized spacial score (nSPS) is 17.4. The Labute approximate surface area is 159 Å². The summed E-state index contributed by atoms with van der Waals surface area (Å²) in [7, 11) is 0.